The third-order valence-electron chi connectivity index (χ3n) is 13.4. The molecule has 0 heterocycles. The first-order chi connectivity index (χ1) is 42.0. The molecule has 0 spiro atoms. The van der Waals surface area contributed by atoms with Gasteiger partial charge in [0.25, 0.3) is 0 Å². The smallest absolute Gasteiger partial charge is 0.462 e. The summed E-state index contributed by atoms with van der Waals surface area (Å²) in [6.07, 6.45) is 99.7. The molecule has 0 aliphatic rings. The number of phosphoric ester groups is 1. The maximum absolute atomic E-state index is 12.9. The van der Waals surface area contributed by atoms with Gasteiger partial charge in [-0.2, -0.15) is 0 Å². The fraction of sp³-hybridized carbons (Fsp3) is 0.579. The molecule has 2 unspecified atom stereocenters. The number of hydrogen-bond acceptors (Lipinski definition) is 7. The molecule has 9 nitrogen and oxygen atoms in total. The van der Waals surface area contributed by atoms with Crippen molar-refractivity contribution in [1.82, 2.24) is 0 Å². The van der Waals surface area contributed by atoms with Crippen molar-refractivity contribution >= 4 is 19.8 Å². The molecule has 0 aliphatic carbocycles. The van der Waals surface area contributed by atoms with Gasteiger partial charge in [0, 0.05) is 12.8 Å². The Kier molecular flexibility index (Phi) is 60.9. The number of quaternary nitrogens is 1. The Morgan fingerprint density at radius 1 is 0.360 bits per heavy atom. The highest BCUT2D eigenvalue weighted by atomic mass is 31.2. The molecule has 484 valence electrons. The van der Waals surface area contributed by atoms with Crippen LogP contribution in [-0.2, 0) is 32.7 Å². The van der Waals surface area contributed by atoms with Crippen molar-refractivity contribution in [3.8, 4) is 0 Å². The average Bonchev–Trinajstić information content (AvgIpc) is 3.56. The van der Waals surface area contributed by atoms with Gasteiger partial charge in [-0.15, -0.1) is 0 Å². The zero-order chi connectivity index (χ0) is 62.6. The number of allylic oxidation sites excluding steroid dienone is 30. The molecule has 0 aromatic carbocycles. The Hall–Kier alpha value is -4.89. The molecule has 0 fully saturated rings. The van der Waals surface area contributed by atoms with Crippen molar-refractivity contribution in [1.29, 1.82) is 0 Å². The van der Waals surface area contributed by atoms with Crippen LogP contribution < -0.4 is 0 Å². The second kappa shape index (κ2) is 64.6. The summed E-state index contributed by atoms with van der Waals surface area (Å²) >= 11 is 0. The lowest BCUT2D eigenvalue weighted by atomic mass is 10.1. The molecule has 10 heteroatoms. The number of carbonyl (C=O) groups is 2. The Bertz CT molecular complexity index is 2100. The average molecular weight is 1210 g/mol. The minimum absolute atomic E-state index is 0.0168. The normalized spacial score (nSPS) is 14.3. The third kappa shape index (κ3) is 68.2. The van der Waals surface area contributed by atoms with Gasteiger partial charge in [-0.1, -0.05) is 267 Å². The molecule has 2 atom stereocenters. The van der Waals surface area contributed by atoms with Crippen molar-refractivity contribution in [2.45, 2.75) is 238 Å². The number of esters is 2. The van der Waals surface area contributed by atoms with Crippen LogP contribution in [0.25, 0.3) is 0 Å². The van der Waals surface area contributed by atoms with Crippen molar-refractivity contribution in [3.63, 3.8) is 0 Å². The minimum Gasteiger partial charge on any atom is -0.462 e. The standard InChI is InChI=1S/C76H122NO8P/c1-6-8-10-12-14-16-18-20-22-24-26-28-30-32-34-36-38-40-42-44-46-48-50-52-54-56-58-60-62-64-66-68-75(78)82-72-74(73-84-86(80,81)83-71-70-77(3,4)5)85-76(79)69-67-65-63-61-59-57-55-53-51-49-47-45-43-41-39-37-35-33-31-29-27-25-23-21-19-17-15-13-11-9-7-2/h8-11,14-17,20-23,26-29,32-35,38-41,44-47,51,53,74H,6-7,12-13,18-19,24-25,30-31,36-37,42-43,48-50,52,54-73H2,1-5H3/p+1/b10-8-,11-9-,16-14-,17-15-,22-20-,23-21-,28-26-,29-27-,34-32-,35-33-,40-38-,41-39-,46-44-,47-45-,53-51-. The van der Waals surface area contributed by atoms with Gasteiger partial charge in [0.15, 0.2) is 6.10 Å². The van der Waals surface area contributed by atoms with Gasteiger partial charge in [-0.05, 0) is 135 Å². The van der Waals surface area contributed by atoms with E-state index in [1.165, 1.54) is 32.1 Å². The van der Waals surface area contributed by atoms with E-state index in [4.69, 9.17) is 18.5 Å². The van der Waals surface area contributed by atoms with E-state index < -0.39 is 26.5 Å². The second-order valence-electron chi connectivity index (χ2n) is 22.7. The van der Waals surface area contributed by atoms with Crippen LogP contribution in [-0.4, -0.2) is 74.9 Å². The van der Waals surface area contributed by atoms with Crippen LogP contribution in [0.2, 0.25) is 0 Å². The van der Waals surface area contributed by atoms with Gasteiger partial charge in [-0.25, -0.2) is 4.57 Å². The summed E-state index contributed by atoms with van der Waals surface area (Å²) in [6, 6.07) is 0. The van der Waals surface area contributed by atoms with E-state index in [2.05, 4.69) is 196 Å². The number of phosphoric acid groups is 1. The Morgan fingerprint density at radius 2 is 0.628 bits per heavy atom. The number of carbonyl (C=O) groups excluding carboxylic acids is 2. The number of hydrogen-bond donors (Lipinski definition) is 1. The van der Waals surface area contributed by atoms with Gasteiger partial charge in [-0.3, -0.25) is 18.6 Å². The zero-order valence-corrected chi connectivity index (χ0v) is 55.9. The summed E-state index contributed by atoms with van der Waals surface area (Å²) in [5.41, 5.74) is 0. The number of rotatable bonds is 59. The lowest BCUT2D eigenvalue weighted by molar-refractivity contribution is -0.870. The number of ether oxygens (including phenoxy) is 2. The highest BCUT2D eigenvalue weighted by molar-refractivity contribution is 7.47. The molecule has 1 N–H and O–H groups in total. The molecule has 0 aliphatic heterocycles. The predicted molar refractivity (Wildman–Crippen MR) is 371 cm³/mol. The Morgan fingerprint density at radius 3 is 0.930 bits per heavy atom. The van der Waals surface area contributed by atoms with Gasteiger partial charge < -0.3 is 18.9 Å². The lowest BCUT2D eigenvalue weighted by Gasteiger charge is -2.24. The second-order valence-corrected chi connectivity index (χ2v) is 24.2. The lowest BCUT2D eigenvalue weighted by Crippen LogP contribution is -2.37. The van der Waals surface area contributed by atoms with E-state index in [1.54, 1.807) is 0 Å². The summed E-state index contributed by atoms with van der Waals surface area (Å²) in [7, 11) is 1.44. The summed E-state index contributed by atoms with van der Waals surface area (Å²) < 4.78 is 34.7. The monoisotopic (exact) mass is 1210 g/mol. The van der Waals surface area contributed by atoms with E-state index in [1.807, 2.05) is 21.1 Å². The SMILES string of the molecule is CC/C=C\C/C=C\C/C=C\C/C=C\C/C=C\C/C=C\C/C=C\C/C=C\CCCCCCCCC(=O)OC(COC(=O)CCCCCCCCCCC/C=C\C/C=C\C/C=C\C/C=C\C/C=C\C/C=C\C/C=C\CC)COP(=O)(O)OCC[N+](C)(C)C. The van der Waals surface area contributed by atoms with Gasteiger partial charge in [0.1, 0.15) is 19.8 Å². The van der Waals surface area contributed by atoms with Crippen LogP contribution in [0.1, 0.15) is 232 Å². The van der Waals surface area contributed by atoms with E-state index in [9.17, 15) is 19.0 Å². The van der Waals surface area contributed by atoms with E-state index in [0.717, 1.165) is 167 Å². The largest absolute Gasteiger partial charge is 0.472 e. The van der Waals surface area contributed by atoms with Crippen molar-refractivity contribution in [3.05, 3.63) is 182 Å². The summed E-state index contributed by atoms with van der Waals surface area (Å²) in [4.78, 5) is 35.9. The minimum atomic E-state index is -4.41. The van der Waals surface area contributed by atoms with Crippen LogP contribution in [0.3, 0.4) is 0 Å². The van der Waals surface area contributed by atoms with E-state index in [-0.39, 0.29) is 32.0 Å². The summed E-state index contributed by atoms with van der Waals surface area (Å²) in [6.45, 7) is 4.16. The first-order valence-corrected chi connectivity index (χ1v) is 35.0. The van der Waals surface area contributed by atoms with Gasteiger partial charge >= 0.3 is 19.8 Å². The van der Waals surface area contributed by atoms with Crippen molar-refractivity contribution in [2.75, 3.05) is 47.5 Å². The fourth-order valence-electron chi connectivity index (χ4n) is 8.36. The third-order valence-corrected chi connectivity index (χ3v) is 14.4. The molecular formula is C76H123NO8P+. The molecule has 0 aromatic rings. The number of nitrogens with zero attached hydrogens (tertiary/aromatic N) is 1. The molecule has 0 amide bonds. The fourth-order valence-corrected chi connectivity index (χ4v) is 9.11. The summed E-state index contributed by atoms with van der Waals surface area (Å²) in [5, 5.41) is 0. The molecule has 0 saturated heterocycles. The topological polar surface area (TPSA) is 108 Å². The number of unbranched alkanes of at least 4 members (excludes halogenated alkanes) is 15. The van der Waals surface area contributed by atoms with Gasteiger partial charge in [0.2, 0.25) is 0 Å². The van der Waals surface area contributed by atoms with Crippen LogP contribution in [0, 0.1) is 0 Å². The highest BCUT2D eigenvalue weighted by Crippen LogP contribution is 2.43. The Balaban J connectivity index is 4.21. The first kappa shape index (κ1) is 81.1. The van der Waals surface area contributed by atoms with Crippen molar-refractivity contribution < 1.29 is 42.1 Å². The first-order valence-electron chi connectivity index (χ1n) is 33.5. The molecule has 86 heavy (non-hydrogen) atoms. The zero-order valence-electron chi connectivity index (χ0n) is 55.0. The number of likely N-dealkylation sites (N-methyl/N-ethyl adjacent to an activating group) is 1. The van der Waals surface area contributed by atoms with Gasteiger partial charge in [0.05, 0.1) is 27.7 Å². The van der Waals surface area contributed by atoms with E-state index >= 15 is 0 Å². The maximum Gasteiger partial charge on any atom is 0.472 e. The van der Waals surface area contributed by atoms with E-state index in [0.29, 0.717) is 17.4 Å². The summed E-state index contributed by atoms with van der Waals surface area (Å²) in [5.74, 6) is -0.835. The highest BCUT2D eigenvalue weighted by Gasteiger charge is 2.27. The van der Waals surface area contributed by atoms with Crippen LogP contribution in [0.4, 0.5) is 0 Å². The molecule has 0 bridgehead atoms. The predicted octanol–water partition coefficient (Wildman–Crippen LogP) is 21.9. The van der Waals surface area contributed by atoms with Crippen molar-refractivity contribution in [2.24, 2.45) is 0 Å². The maximum atomic E-state index is 12.9. The molecule has 0 radical (unpaired) electrons. The molecule has 0 aromatic heterocycles. The Labute approximate surface area is 527 Å². The molecule has 0 saturated carbocycles. The quantitative estimate of drug-likeness (QED) is 0.0211. The van der Waals surface area contributed by atoms with Crippen LogP contribution in [0.5, 0.6) is 0 Å². The van der Waals surface area contributed by atoms with Crippen LogP contribution >= 0.6 is 7.82 Å². The molecular weight excluding hydrogens is 1090 g/mol. The van der Waals surface area contributed by atoms with Crippen LogP contribution in [0.15, 0.2) is 182 Å². The molecule has 0 rings (SSSR count).